The standard InChI is InChI=1S/C22H27NO6/c1-10(2)28-22(26)17-13(5)23-14-9-11(3)16(21(25)27-6)20(24)18(14)19(17)15-8-7-12(4)29-15/h7-8,10-11,16,19,23H,9H2,1-6H3/t11-,16-,19+/m0/s1. The molecule has 1 aromatic rings. The lowest BCUT2D eigenvalue weighted by atomic mass is 9.70. The molecular formula is C22H27NO6. The Morgan fingerprint density at radius 2 is 1.93 bits per heavy atom. The van der Waals surface area contributed by atoms with Crippen LogP contribution in [0.1, 0.15) is 51.6 Å². The van der Waals surface area contributed by atoms with Crippen LogP contribution in [0.2, 0.25) is 0 Å². The van der Waals surface area contributed by atoms with Crippen LogP contribution in [0.5, 0.6) is 0 Å². The minimum absolute atomic E-state index is 0.225. The van der Waals surface area contributed by atoms with Crippen LogP contribution in [0.4, 0.5) is 0 Å². The zero-order chi connectivity index (χ0) is 21.5. The molecule has 0 saturated carbocycles. The molecule has 0 fully saturated rings. The summed E-state index contributed by atoms with van der Waals surface area (Å²) in [7, 11) is 1.27. The molecule has 0 amide bonds. The van der Waals surface area contributed by atoms with Gasteiger partial charge < -0.3 is 19.2 Å². The number of rotatable bonds is 4. The van der Waals surface area contributed by atoms with Gasteiger partial charge in [0, 0.05) is 17.0 Å². The van der Waals surface area contributed by atoms with Crippen molar-refractivity contribution in [1.82, 2.24) is 5.32 Å². The summed E-state index contributed by atoms with van der Waals surface area (Å²) < 4.78 is 16.2. The fourth-order valence-corrected chi connectivity index (χ4v) is 4.12. The van der Waals surface area contributed by atoms with Crippen molar-refractivity contribution < 1.29 is 28.3 Å². The minimum Gasteiger partial charge on any atom is -0.468 e. The number of ketones is 1. The lowest BCUT2D eigenvalue weighted by Crippen LogP contribution is -2.43. The van der Waals surface area contributed by atoms with E-state index in [2.05, 4.69) is 5.32 Å². The largest absolute Gasteiger partial charge is 0.468 e. The maximum Gasteiger partial charge on any atom is 0.337 e. The van der Waals surface area contributed by atoms with E-state index in [9.17, 15) is 14.4 Å². The molecule has 2 heterocycles. The monoisotopic (exact) mass is 401 g/mol. The van der Waals surface area contributed by atoms with Gasteiger partial charge in [0.05, 0.1) is 24.7 Å². The number of dihydropyridines is 1. The molecule has 3 atom stereocenters. The Bertz CT molecular complexity index is 919. The van der Waals surface area contributed by atoms with Crippen molar-refractivity contribution in [3.63, 3.8) is 0 Å². The number of esters is 2. The SMILES string of the molecule is COC(=O)[C@@H]1C(=O)C2=C(C[C@@H]1C)NC(C)=C(C(=O)OC(C)C)[C@H]2c1ccc(C)o1. The molecule has 1 aromatic heterocycles. The molecule has 7 nitrogen and oxygen atoms in total. The van der Waals surface area contributed by atoms with Gasteiger partial charge in [-0.3, -0.25) is 9.59 Å². The van der Waals surface area contributed by atoms with Gasteiger partial charge in [-0.15, -0.1) is 0 Å². The second-order valence-corrected chi connectivity index (χ2v) is 7.94. The topological polar surface area (TPSA) is 94.8 Å². The molecule has 0 spiro atoms. The Labute approximate surface area is 170 Å². The van der Waals surface area contributed by atoms with E-state index in [0.717, 1.165) is 0 Å². The third-order valence-electron chi connectivity index (χ3n) is 5.35. The number of furan rings is 1. The van der Waals surface area contributed by atoms with Gasteiger partial charge in [-0.2, -0.15) is 0 Å². The number of carbonyl (C=O) groups excluding carboxylic acids is 3. The first-order chi connectivity index (χ1) is 13.6. The van der Waals surface area contributed by atoms with Crippen molar-refractivity contribution in [2.45, 2.75) is 53.1 Å². The van der Waals surface area contributed by atoms with Gasteiger partial charge >= 0.3 is 11.9 Å². The fraction of sp³-hybridized carbons (Fsp3) is 0.500. The van der Waals surface area contributed by atoms with Crippen LogP contribution in [-0.4, -0.2) is 30.9 Å². The highest BCUT2D eigenvalue weighted by atomic mass is 16.5. The third kappa shape index (κ3) is 3.73. The lowest BCUT2D eigenvalue weighted by Gasteiger charge is -2.37. The molecular weight excluding hydrogens is 374 g/mol. The summed E-state index contributed by atoms with van der Waals surface area (Å²) in [5.74, 6) is -2.18. The highest BCUT2D eigenvalue weighted by molar-refractivity contribution is 6.12. The van der Waals surface area contributed by atoms with E-state index in [1.54, 1.807) is 39.8 Å². The highest BCUT2D eigenvalue weighted by Crippen LogP contribution is 2.45. The first kappa shape index (κ1) is 20.9. The van der Waals surface area contributed by atoms with E-state index >= 15 is 0 Å². The molecule has 3 rings (SSSR count). The first-order valence-corrected chi connectivity index (χ1v) is 9.75. The summed E-state index contributed by atoms with van der Waals surface area (Å²) in [6, 6.07) is 3.54. The Balaban J connectivity index is 2.15. The Kier molecular flexibility index (Phi) is 5.68. The summed E-state index contributed by atoms with van der Waals surface area (Å²) >= 11 is 0. The number of hydrogen-bond acceptors (Lipinski definition) is 7. The van der Waals surface area contributed by atoms with Gasteiger partial charge in [0.25, 0.3) is 0 Å². The van der Waals surface area contributed by atoms with Crippen LogP contribution in [0.25, 0.3) is 0 Å². The lowest BCUT2D eigenvalue weighted by molar-refractivity contribution is -0.151. The number of nitrogens with one attached hydrogen (secondary N) is 1. The van der Waals surface area contributed by atoms with E-state index in [0.29, 0.717) is 40.5 Å². The molecule has 29 heavy (non-hydrogen) atoms. The van der Waals surface area contributed by atoms with E-state index in [1.165, 1.54) is 7.11 Å². The second-order valence-electron chi connectivity index (χ2n) is 7.94. The summed E-state index contributed by atoms with van der Waals surface area (Å²) in [6.07, 6.45) is 0.169. The van der Waals surface area contributed by atoms with Gasteiger partial charge in [0.15, 0.2) is 5.78 Å². The van der Waals surface area contributed by atoms with Gasteiger partial charge in [-0.05, 0) is 52.2 Å². The molecule has 7 heteroatoms. The number of Topliss-reactive ketones (excluding diaryl/α,β-unsaturated/α-hetero) is 1. The van der Waals surface area contributed by atoms with Crippen molar-refractivity contribution >= 4 is 17.7 Å². The maximum atomic E-state index is 13.4. The van der Waals surface area contributed by atoms with Crippen LogP contribution in [0, 0.1) is 18.8 Å². The molecule has 2 aliphatic rings. The van der Waals surface area contributed by atoms with Crippen molar-refractivity contribution in [3.05, 3.63) is 46.2 Å². The van der Waals surface area contributed by atoms with Crippen molar-refractivity contribution in [2.24, 2.45) is 11.8 Å². The molecule has 0 radical (unpaired) electrons. The molecule has 0 aromatic carbocycles. The van der Waals surface area contributed by atoms with Crippen molar-refractivity contribution in [1.29, 1.82) is 0 Å². The predicted octanol–water partition coefficient (Wildman–Crippen LogP) is 3.15. The van der Waals surface area contributed by atoms with Crippen LogP contribution >= 0.6 is 0 Å². The average molecular weight is 401 g/mol. The number of aryl methyl sites for hydroxylation is 1. The molecule has 0 unspecified atom stereocenters. The molecule has 1 N–H and O–H groups in total. The number of hydrogen-bond donors (Lipinski definition) is 1. The molecule has 1 aliphatic carbocycles. The molecule has 156 valence electrons. The number of carbonyl (C=O) groups is 3. The zero-order valence-corrected chi connectivity index (χ0v) is 17.6. The summed E-state index contributed by atoms with van der Waals surface area (Å²) in [4.78, 5) is 38.7. The minimum atomic E-state index is -0.917. The zero-order valence-electron chi connectivity index (χ0n) is 17.6. The van der Waals surface area contributed by atoms with Crippen LogP contribution < -0.4 is 5.32 Å². The van der Waals surface area contributed by atoms with E-state index in [-0.39, 0.29) is 17.8 Å². The van der Waals surface area contributed by atoms with Crippen molar-refractivity contribution in [3.8, 4) is 0 Å². The smallest absolute Gasteiger partial charge is 0.337 e. The van der Waals surface area contributed by atoms with Crippen LogP contribution in [0.3, 0.4) is 0 Å². The van der Waals surface area contributed by atoms with Gasteiger partial charge in [-0.25, -0.2) is 4.79 Å². The number of allylic oxidation sites excluding steroid dienone is 3. The van der Waals surface area contributed by atoms with Gasteiger partial charge in [-0.1, -0.05) is 6.92 Å². The fourth-order valence-electron chi connectivity index (χ4n) is 4.12. The third-order valence-corrected chi connectivity index (χ3v) is 5.35. The Morgan fingerprint density at radius 3 is 2.48 bits per heavy atom. The van der Waals surface area contributed by atoms with Gasteiger partial charge in [0.2, 0.25) is 0 Å². The highest BCUT2D eigenvalue weighted by Gasteiger charge is 2.48. The van der Waals surface area contributed by atoms with Gasteiger partial charge in [0.1, 0.15) is 17.4 Å². The molecule has 0 saturated heterocycles. The van der Waals surface area contributed by atoms with Crippen molar-refractivity contribution in [2.75, 3.05) is 7.11 Å². The van der Waals surface area contributed by atoms with Crippen LogP contribution in [0.15, 0.2) is 39.1 Å². The summed E-state index contributed by atoms with van der Waals surface area (Å²) in [6.45, 7) is 8.96. The normalized spacial score (nSPS) is 24.4. The molecule has 1 aliphatic heterocycles. The predicted molar refractivity (Wildman–Crippen MR) is 105 cm³/mol. The number of methoxy groups -OCH3 is 1. The average Bonchev–Trinajstić information content (AvgIpc) is 3.05. The Hall–Kier alpha value is -2.83. The molecule has 0 bridgehead atoms. The second kappa shape index (κ2) is 7.89. The summed E-state index contributed by atoms with van der Waals surface area (Å²) in [5.41, 5.74) is 2.01. The quantitative estimate of drug-likeness (QED) is 0.612. The first-order valence-electron chi connectivity index (χ1n) is 9.75. The summed E-state index contributed by atoms with van der Waals surface area (Å²) in [5, 5.41) is 3.21. The van der Waals surface area contributed by atoms with E-state index in [4.69, 9.17) is 13.9 Å². The van der Waals surface area contributed by atoms with E-state index < -0.39 is 23.8 Å². The Morgan fingerprint density at radius 1 is 1.24 bits per heavy atom. The van der Waals surface area contributed by atoms with Crippen LogP contribution in [-0.2, 0) is 23.9 Å². The number of ether oxygens (including phenoxy) is 2. The maximum absolute atomic E-state index is 13.4. The van der Waals surface area contributed by atoms with E-state index in [1.807, 2.05) is 6.92 Å².